The van der Waals surface area contributed by atoms with Crippen LogP contribution in [0.2, 0.25) is 0 Å². The highest BCUT2D eigenvalue weighted by Crippen LogP contribution is 2.22. The van der Waals surface area contributed by atoms with Gasteiger partial charge in [0.25, 0.3) is 15.9 Å². The summed E-state index contributed by atoms with van der Waals surface area (Å²) in [5.41, 5.74) is 2.54. The van der Waals surface area contributed by atoms with E-state index >= 15 is 0 Å². The fourth-order valence-corrected chi connectivity index (χ4v) is 4.17. The van der Waals surface area contributed by atoms with Gasteiger partial charge in [-0.2, -0.15) is 0 Å². The van der Waals surface area contributed by atoms with Gasteiger partial charge in [-0.25, -0.2) is 8.42 Å². The molecule has 0 bridgehead atoms. The average molecular weight is 409 g/mol. The van der Waals surface area contributed by atoms with Crippen LogP contribution < -0.4 is 10.0 Å². The molecule has 0 aliphatic heterocycles. The van der Waals surface area contributed by atoms with Gasteiger partial charge in [0, 0.05) is 5.56 Å². The molecule has 1 amide bonds. The van der Waals surface area contributed by atoms with Crippen molar-refractivity contribution in [1.82, 2.24) is 5.32 Å². The monoisotopic (exact) mass is 408 g/mol. The van der Waals surface area contributed by atoms with Gasteiger partial charge in [-0.1, -0.05) is 61.5 Å². The molecule has 0 aliphatic carbocycles. The Balaban J connectivity index is 1.82. The van der Waals surface area contributed by atoms with Gasteiger partial charge >= 0.3 is 0 Å². The highest BCUT2D eigenvalue weighted by Gasteiger charge is 2.18. The Morgan fingerprint density at radius 2 is 1.55 bits per heavy atom. The Bertz CT molecular complexity index is 1080. The number of amides is 1. The summed E-state index contributed by atoms with van der Waals surface area (Å²) in [6.45, 7) is 3.80. The SMILES string of the molecule is CC[C@@H](NC(=O)c1ccc(C)c(NS(=O)(=O)c2ccccc2)c1)c1ccccc1. The van der Waals surface area contributed by atoms with Crippen molar-refractivity contribution in [3.8, 4) is 0 Å². The zero-order chi connectivity index (χ0) is 20.9. The van der Waals surface area contributed by atoms with E-state index in [0.717, 1.165) is 17.5 Å². The lowest BCUT2D eigenvalue weighted by atomic mass is 10.0. The average Bonchev–Trinajstić information content (AvgIpc) is 2.74. The van der Waals surface area contributed by atoms with E-state index in [2.05, 4.69) is 10.0 Å². The van der Waals surface area contributed by atoms with E-state index < -0.39 is 10.0 Å². The zero-order valence-electron chi connectivity index (χ0n) is 16.4. The number of nitrogens with one attached hydrogen (secondary N) is 2. The van der Waals surface area contributed by atoms with Crippen molar-refractivity contribution in [3.05, 3.63) is 95.6 Å². The Kier molecular flexibility index (Phi) is 6.34. The third kappa shape index (κ3) is 5.03. The molecule has 3 aromatic rings. The molecule has 0 spiro atoms. The van der Waals surface area contributed by atoms with Gasteiger partial charge in [0.2, 0.25) is 0 Å². The lowest BCUT2D eigenvalue weighted by molar-refractivity contribution is 0.0935. The van der Waals surface area contributed by atoms with Crippen molar-refractivity contribution in [2.75, 3.05) is 4.72 Å². The molecule has 29 heavy (non-hydrogen) atoms. The van der Waals surface area contributed by atoms with Crippen LogP contribution in [0.25, 0.3) is 0 Å². The molecular weight excluding hydrogens is 384 g/mol. The lowest BCUT2D eigenvalue weighted by Crippen LogP contribution is -2.28. The summed E-state index contributed by atoms with van der Waals surface area (Å²) in [4.78, 5) is 13.0. The first-order valence-electron chi connectivity index (χ1n) is 9.45. The van der Waals surface area contributed by atoms with Gasteiger partial charge < -0.3 is 5.32 Å². The molecule has 0 radical (unpaired) electrons. The third-order valence-corrected chi connectivity index (χ3v) is 6.09. The number of sulfonamides is 1. The van der Waals surface area contributed by atoms with Crippen LogP contribution in [0.15, 0.2) is 83.8 Å². The van der Waals surface area contributed by atoms with Crippen LogP contribution >= 0.6 is 0 Å². The summed E-state index contributed by atoms with van der Waals surface area (Å²) in [6.07, 6.45) is 0.745. The summed E-state index contributed by atoms with van der Waals surface area (Å²) in [5, 5.41) is 3.02. The van der Waals surface area contributed by atoms with Crippen molar-refractivity contribution in [2.24, 2.45) is 0 Å². The Morgan fingerprint density at radius 3 is 2.17 bits per heavy atom. The molecule has 5 nitrogen and oxygen atoms in total. The molecule has 1 atom stereocenters. The molecule has 3 rings (SSSR count). The van der Waals surface area contributed by atoms with Gasteiger partial charge in [-0.3, -0.25) is 9.52 Å². The number of anilines is 1. The van der Waals surface area contributed by atoms with Gasteiger partial charge in [0.1, 0.15) is 0 Å². The van der Waals surface area contributed by atoms with Crippen molar-refractivity contribution < 1.29 is 13.2 Å². The second kappa shape index (κ2) is 8.92. The largest absolute Gasteiger partial charge is 0.345 e. The van der Waals surface area contributed by atoms with E-state index in [4.69, 9.17) is 0 Å². The first-order chi connectivity index (χ1) is 13.9. The Labute approximate surface area is 171 Å². The second-order valence-corrected chi connectivity index (χ2v) is 8.48. The van der Waals surface area contributed by atoms with Crippen molar-refractivity contribution in [1.29, 1.82) is 0 Å². The fraction of sp³-hybridized carbons (Fsp3) is 0.174. The summed E-state index contributed by atoms with van der Waals surface area (Å²) in [7, 11) is -3.73. The first kappa shape index (κ1) is 20.6. The molecule has 150 valence electrons. The number of hydrogen-bond donors (Lipinski definition) is 2. The lowest BCUT2D eigenvalue weighted by Gasteiger charge is -2.18. The number of hydrogen-bond acceptors (Lipinski definition) is 3. The van der Waals surface area contributed by atoms with Crippen LogP contribution in [0, 0.1) is 6.92 Å². The van der Waals surface area contributed by atoms with Crippen LogP contribution in [0.4, 0.5) is 5.69 Å². The Morgan fingerprint density at radius 1 is 0.931 bits per heavy atom. The van der Waals surface area contributed by atoms with Gasteiger partial charge in [-0.05, 0) is 48.7 Å². The normalized spacial score (nSPS) is 12.2. The number of carbonyl (C=O) groups is 1. The number of carbonyl (C=O) groups excluding carboxylic acids is 1. The minimum atomic E-state index is -3.73. The van der Waals surface area contributed by atoms with Crippen LogP contribution in [0.5, 0.6) is 0 Å². The van der Waals surface area contributed by atoms with E-state index in [1.165, 1.54) is 12.1 Å². The molecule has 0 saturated heterocycles. The molecule has 0 fully saturated rings. The molecule has 0 heterocycles. The van der Waals surface area contributed by atoms with E-state index in [9.17, 15) is 13.2 Å². The minimum Gasteiger partial charge on any atom is -0.345 e. The third-order valence-electron chi connectivity index (χ3n) is 4.71. The number of rotatable bonds is 7. The molecule has 0 aromatic heterocycles. The maximum atomic E-state index is 12.8. The van der Waals surface area contributed by atoms with Gasteiger partial charge in [0.05, 0.1) is 16.6 Å². The minimum absolute atomic E-state index is 0.116. The van der Waals surface area contributed by atoms with Crippen molar-refractivity contribution in [3.63, 3.8) is 0 Å². The summed E-state index contributed by atoms with van der Waals surface area (Å²) >= 11 is 0. The molecule has 0 aliphatic rings. The summed E-state index contributed by atoms with van der Waals surface area (Å²) in [5.74, 6) is -0.249. The van der Waals surface area contributed by atoms with Crippen molar-refractivity contribution >= 4 is 21.6 Å². The van der Waals surface area contributed by atoms with Crippen LogP contribution in [-0.4, -0.2) is 14.3 Å². The van der Waals surface area contributed by atoms with E-state index in [1.807, 2.05) is 37.3 Å². The van der Waals surface area contributed by atoms with Gasteiger partial charge in [-0.15, -0.1) is 0 Å². The van der Waals surface area contributed by atoms with E-state index in [1.54, 1.807) is 43.3 Å². The quantitative estimate of drug-likeness (QED) is 0.596. The number of aryl methyl sites for hydroxylation is 1. The maximum absolute atomic E-state index is 12.8. The highest BCUT2D eigenvalue weighted by molar-refractivity contribution is 7.92. The second-order valence-electron chi connectivity index (χ2n) is 6.79. The summed E-state index contributed by atoms with van der Waals surface area (Å²) < 4.78 is 27.9. The standard InChI is InChI=1S/C23H24N2O3S/c1-3-21(18-10-6-4-7-11-18)24-23(26)19-15-14-17(2)22(16-19)25-29(27,28)20-12-8-5-9-13-20/h4-16,21,25H,3H2,1-2H3,(H,24,26)/t21-/m1/s1. The topological polar surface area (TPSA) is 75.3 Å². The van der Waals surface area contributed by atoms with Crippen LogP contribution in [0.1, 0.15) is 40.9 Å². The van der Waals surface area contributed by atoms with Gasteiger partial charge in [0.15, 0.2) is 0 Å². The van der Waals surface area contributed by atoms with Crippen LogP contribution in [0.3, 0.4) is 0 Å². The van der Waals surface area contributed by atoms with Crippen LogP contribution in [-0.2, 0) is 10.0 Å². The fourth-order valence-electron chi connectivity index (χ4n) is 3.02. The van der Waals surface area contributed by atoms with E-state index in [-0.39, 0.29) is 16.8 Å². The highest BCUT2D eigenvalue weighted by atomic mass is 32.2. The predicted octanol–water partition coefficient (Wildman–Crippen LogP) is 4.68. The maximum Gasteiger partial charge on any atom is 0.261 e. The summed E-state index contributed by atoms with van der Waals surface area (Å²) in [6, 6.07) is 22.8. The molecule has 0 saturated carbocycles. The molecule has 0 unspecified atom stereocenters. The molecule has 3 aromatic carbocycles. The Hall–Kier alpha value is -3.12. The molecular formula is C23H24N2O3S. The smallest absolute Gasteiger partial charge is 0.261 e. The van der Waals surface area contributed by atoms with E-state index in [0.29, 0.717) is 11.3 Å². The predicted molar refractivity (Wildman–Crippen MR) is 115 cm³/mol. The molecule has 6 heteroatoms. The van der Waals surface area contributed by atoms with Crippen molar-refractivity contribution in [2.45, 2.75) is 31.2 Å². The molecule has 2 N–H and O–H groups in total. The number of benzene rings is 3. The zero-order valence-corrected chi connectivity index (χ0v) is 17.2. The first-order valence-corrected chi connectivity index (χ1v) is 10.9.